The molecule has 1 heterocycles. The summed E-state index contributed by atoms with van der Waals surface area (Å²) in [5.74, 6) is 0.779. The lowest BCUT2D eigenvalue weighted by Crippen LogP contribution is -2.27. The van der Waals surface area contributed by atoms with Gasteiger partial charge in [0.25, 0.3) is 0 Å². The summed E-state index contributed by atoms with van der Waals surface area (Å²) >= 11 is 0. The molecule has 0 aliphatic heterocycles. The van der Waals surface area contributed by atoms with Crippen molar-refractivity contribution in [2.75, 3.05) is 6.54 Å². The van der Waals surface area contributed by atoms with E-state index in [1.165, 1.54) is 0 Å². The number of nitrogens with zero attached hydrogens (tertiary/aromatic N) is 3. The van der Waals surface area contributed by atoms with Gasteiger partial charge < -0.3 is 4.57 Å². The molecule has 2 rings (SSSR count). The van der Waals surface area contributed by atoms with Crippen LogP contribution in [0, 0.1) is 13.8 Å². The fourth-order valence-corrected chi connectivity index (χ4v) is 3.47. The Labute approximate surface area is 125 Å². The van der Waals surface area contributed by atoms with Crippen LogP contribution in [0.15, 0.2) is 29.4 Å². The van der Waals surface area contributed by atoms with Crippen molar-refractivity contribution in [3.05, 3.63) is 41.5 Å². The molecular formula is C14H20N4O2S. The standard InChI is InChI=1S/C14H20N4O2S/c1-4-18-10-15-17-14(18)7-8-16-21(19,20)13-6-5-11(2)9-12(13)3/h5-6,9-10,16H,4,7-8H2,1-3H3. The lowest BCUT2D eigenvalue weighted by Gasteiger charge is -2.10. The average molecular weight is 308 g/mol. The largest absolute Gasteiger partial charge is 0.318 e. The van der Waals surface area contributed by atoms with E-state index >= 15 is 0 Å². The van der Waals surface area contributed by atoms with Gasteiger partial charge in [-0.15, -0.1) is 10.2 Å². The molecule has 1 aromatic heterocycles. The Bertz CT molecular complexity index is 722. The molecule has 21 heavy (non-hydrogen) atoms. The highest BCUT2D eigenvalue weighted by molar-refractivity contribution is 7.89. The topological polar surface area (TPSA) is 76.9 Å². The van der Waals surface area contributed by atoms with E-state index in [1.54, 1.807) is 25.4 Å². The zero-order valence-corrected chi connectivity index (χ0v) is 13.3. The average Bonchev–Trinajstić information content (AvgIpc) is 2.85. The van der Waals surface area contributed by atoms with Gasteiger partial charge >= 0.3 is 0 Å². The number of hydrogen-bond acceptors (Lipinski definition) is 4. The second kappa shape index (κ2) is 6.36. The summed E-state index contributed by atoms with van der Waals surface area (Å²) in [5.41, 5.74) is 1.79. The normalized spacial score (nSPS) is 11.8. The van der Waals surface area contributed by atoms with Crippen LogP contribution in [0.1, 0.15) is 23.9 Å². The smallest absolute Gasteiger partial charge is 0.240 e. The minimum absolute atomic E-state index is 0.300. The minimum atomic E-state index is -3.49. The lowest BCUT2D eigenvalue weighted by atomic mass is 10.2. The van der Waals surface area contributed by atoms with Crippen molar-refractivity contribution in [3.8, 4) is 0 Å². The van der Waals surface area contributed by atoms with Crippen molar-refractivity contribution in [2.45, 2.75) is 38.6 Å². The van der Waals surface area contributed by atoms with E-state index in [1.807, 2.05) is 24.5 Å². The summed E-state index contributed by atoms with van der Waals surface area (Å²) < 4.78 is 29.1. The van der Waals surface area contributed by atoms with Crippen LogP contribution in [0.5, 0.6) is 0 Å². The van der Waals surface area contributed by atoms with Crippen LogP contribution in [0.4, 0.5) is 0 Å². The Kier molecular flexibility index (Phi) is 4.74. The number of hydrogen-bond donors (Lipinski definition) is 1. The van der Waals surface area contributed by atoms with Gasteiger partial charge in [0.1, 0.15) is 12.2 Å². The first-order chi connectivity index (χ1) is 9.94. The van der Waals surface area contributed by atoms with Crippen molar-refractivity contribution in [3.63, 3.8) is 0 Å². The molecule has 0 aliphatic rings. The first-order valence-electron chi connectivity index (χ1n) is 6.87. The number of benzene rings is 1. The molecule has 0 unspecified atom stereocenters. The van der Waals surface area contributed by atoms with Gasteiger partial charge in [-0.2, -0.15) is 0 Å². The molecule has 114 valence electrons. The summed E-state index contributed by atoms with van der Waals surface area (Å²) in [5, 5.41) is 7.81. The van der Waals surface area contributed by atoms with Crippen molar-refractivity contribution in [1.29, 1.82) is 0 Å². The van der Waals surface area contributed by atoms with E-state index in [0.29, 0.717) is 17.9 Å². The maximum Gasteiger partial charge on any atom is 0.240 e. The van der Waals surface area contributed by atoms with Gasteiger partial charge in [-0.25, -0.2) is 13.1 Å². The third-order valence-electron chi connectivity index (χ3n) is 3.30. The molecular weight excluding hydrogens is 288 g/mol. The van der Waals surface area contributed by atoms with Crippen molar-refractivity contribution >= 4 is 10.0 Å². The zero-order chi connectivity index (χ0) is 15.5. The van der Waals surface area contributed by atoms with Gasteiger partial charge in [-0.1, -0.05) is 17.7 Å². The summed E-state index contributed by atoms with van der Waals surface area (Å²) in [6.07, 6.45) is 2.16. The fourth-order valence-electron chi connectivity index (χ4n) is 2.21. The molecule has 0 saturated heterocycles. The highest BCUT2D eigenvalue weighted by Gasteiger charge is 2.16. The van der Waals surface area contributed by atoms with E-state index in [0.717, 1.165) is 23.5 Å². The third-order valence-corrected chi connectivity index (χ3v) is 4.92. The molecule has 0 spiro atoms. The van der Waals surface area contributed by atoms with Crippen LogP contribution < -0.4 is 4.72 Å². The third kappa shape index (κ3) is 3.68. The molecule has 0 radical (unpaired) electrons. The molecule has 0 fully saturated rings. The van der Waals surface area contributed by atoms with E-state index in [9.17, 15) is 8.42 Å². The lowest BCUT2D eigenvalue weighted by molar-refractivity contribution is 0.578. The van der Waals surface area contributed by atoms with Crippen molar-refractivity contribution < 1.29 is 8.42 Å². The van der Waals surface area contributed by atoms with Gasteiger partial charge in [0.05, 0.1) is 4.90 Å². The van der Waals surface area contributed by atoms with Gasteiger partial charge in [0.2, 0.25) is 10.0 Å². The van der Waals surface area contributed by atoms with E-state index in [2.05, 4.69) is 14.9 Å². The molecule has 1 N–H and O–H groups in total. The molecule has 0 amide bonds. The molecule has 2 aromatic rings. The molecule has 0 saturated carbocycles. The Morgan fingerprint density at radius 2 is 2.05 bits per heavy atom. The van der Waals surface area contributed by atoms with Crippen LogP contribution in [-0.2, 0) is 23.0 Å². The van der Waals surface area contributed by atoms with Crippen molar-refractivity contribution in [2.24, 2.45) is 0 Å². The number of nitrogens with one attached hydrogen (secondary N) is 1. The first-order valence-corrected chi connectivity index (χ1v) is 8.36. The quantitative estimate of drug-likeness (QED) is 0.876. The van der Waals surface area contributed by atoms with Crippen molar-refractivity contribution in [1.82, 2.24) is 19.5 Å². The molecule has 1 aromatic carbocycles. The SMILES string of the molecule is CCn1cnnc1CCNS(=O)(=O)c1ccc(C)cc1C. The highest BCUT2D eigenvalue weighted by atomic mass is 32.2. The van der Waals surface area contributed by atoms with Crippen LogP contribution in [0.3, 0.4) is 0 Å². The second-order valence-corrected chi connectivity index (χ2v) is 6.69. The highest BCUT2D eigenvalue weighted by Crippen LogP contribution is 2.16. The Morgan fingerprint density at radius 1 is 1.29 bits per heavy atom. The maximum absolute atomic E-state index is 12.3. The Hall–Kier alpha value is -1.73. The monoisotopic (exact) mass is 308 g/mol. The maximum atomic E-state index is 12.3. The molecule has 0 bridgehead atoms. The fraction of sp³-hybridized carbons (Fsp3) is 0.429. The summed E-state index contributed by atoms with van der Waals surface area (Å²) in [7, 11) is -3.49. The van der Waals surface area contributed by atoms with E-state index in [4.69, 9.17) is 0 Å². The Balaban J connectivity index is 2.05. The molecule has 6 nitrogen and oxygen atoms in total. The summed E-state index contributed by atoms with van der Waals surface area (Å²) in [6, 6.07) is 5.30. The number of aryl methyl sites for hydroxylation is 3. The number of rotatable bonds is 6. The van der Waals surface area contributed by atoms with Crippen LogP contribution in [-0.4, -0.2) is 29.7 Å². The number of aromatic nitrogens is 3. The first kappa shape index (κ1) is 15.7. The van der Waals surface area contributed by atoms with Gasteiger partial charge in [0.15, 0.2) is 0 Å². The summed E-state index contributed by atoms with van der Waals surface area (Å²) in [6.45, 7) is 6.80. The van der Waals surface area contributed by atoms with E-state index < -0.39 is 10.0 Å². The second-order valence-electron chi connectivity index (χ2n) is 4.95. The predicted molar refractivity (Wildman–Crippen MR) is 80.5 cm³/mol. The molecule has 7 heteroatoms. The predicted octanol–water partition coefficient (Wildman–Crippen LogP) is 1.44. The van der Waals surface area contributed by atoms with Crippen LogP contribution >= 0.6 is 0 Å². The minimum Gasteiger partial charge on any atom is -0.318 e. The zero-order valence-electron chi connectivity index (χ0n) is 12.5. The van der Waals surface area contributed by atoms with Gasteiger partial charge in [-0.3, -0.25) is 0 Å². The molecule has 0 aliphatic carbocycles. The van der Waals surface area contributed by atoms with Gasteiger partial charge in [0, 0.05) is 19.5 Å². The number of sulfonamides is 1. The Morgan fingerprint density at radius 3 is 2.71 bits per heavy atom. The van der Waals surface area contributed by atoms with E-state index in [-0.39, 0.29) is 0 Å². The van der Waals surface area contributed by atoms with Gasteiger partial charge in [-0.05, 0) is 32.4 Å². The van der Waals surface area contributed by atoms with Crippen LogP contribution in [0.25, 0.3) is 0 Å². The van der Waals surface area contributed by atoms with Crippen LogP contribution in [0.2, 0.25) is 0 Å². The molecule has 0 atom stereocenters. The summed E-state index contributed by atoms with van der Waals surface area (Å²) in [4.78, 5) is 0.324.